The van der Waals surface area contributed by atoms with Gasteiger partial charge in [0.25, 0.3) is 0 Å². The summed E-state index contributed by atoms with van der Waals surface area (Å²) in [7, 11) is 0. The highest BCUT2D eigenvalue weighted by Crippen LogP contribution is 1.95. The minimum Gasteiger partial charge on any atom is -0.364 e. The van der Waals surface area contributed by atoms with Gasteiger partial charge in [-0.15, -0.1) is 0 Å². The molecule has 0 radical (unpaired) electrons. The first kappa shape index (κ1) is 5.09. The van der Waals surface area contributed by atoms with Crippen LogP contribution in [0.15, 0.2) is 22.9 Å². The average molecular weight is 109 g/mol. The SMILES string of the molecule is C/C=C/c1ccon1. The minimum absolute atomic E-state index is 0.868. The fourth-order valence-corrected chi connectivity index (χ4v) is 0.479. The normalized spacial score (nSPS) is 10.6. The zero-order valence-corrected chi connectivity index (χ0v) is 4.66. The molecule has 0 spiro atoms. The predicted molar refractivity (Wildman–Crippen MR) is 31.2 cm³/mol. The molecule has 0 fully saturated rings. The molecule has 0 unspecified atom stereocenters. The van der Waals surface area contributed by atoms with Gasteiger partial charge in [0.1, 0.15) is 12.0 Å². The van der Waals surface area contributed by atoms with Crippen molar-refractivity contribution in [3.63, 3.8) is 0 Å². The molecule has 1 aromatic heterocycles. The second-order valence-electron chi connectivity index (χ2n) is 1.42. The highest BCUT2D eigenvalue weighted by molar-refractivity contribution is 5.41. The van der Waals surface area contributed by atoms with E-state index in [-0.39, 0.29) is 0 Å². The summed E-state index contributed by atoms with van der Waals surface area (Å²) in [4.78, 5) is 0. The topological polar surface area (TPSA) is 26.0 Å². The van der Waals surface area contributed by atoms with Gasteiger partial charge in [-0.2, -0.15) is 0 Å². The van der Waals surface area contributed by atoms with Gasteiger partial charge in [-0.25, -0.2) is 0 Å². The van der Waals surface area contributed by atoms with Gasteiger partial charge < -0.3 is 4.52 Å². The molecule has 0 saturated heterocycles. The molecule has 0 saturated carbocycles. The summed E-state index contributed by atoms with van der Waals surface area (Å²) in [5.74, 6) is 0. The molecule has 2 nitrogen and oxygen atoms in total. The third kappa shape index (κ3) is 0.964. The van der Waals surface area contributed by atoms with Crippen LogP contribution in [0.2, 0.25) is 0 Å². The quantitative estimate of drug-likeness (QED) is 0.548. The van der Waals surface area contributed by atoms with Crippen LogP contribution >= 0.6 is 0 Å². The molecule has 0 N–H and O–H groups in total. The number of allylic oxidation sites excluding steroid dienone is 1. The van der Waals surface area contributed by atoms with Crippen molar-refractivity contribution < 1.29 is 4.52 Å². The Balaban J connectivity index is 2.77. The highest BCUT2D eigenvalue weighted by atomic mass is 16.5. The third-order valence-electron chi connectivity index (χ3n) is 0.795. The Morgan fingerprint density at radius 3 is 3.12 bits per heavy atom. The first-order valence-electron chi connectivity index (χ1n) is 2.46. The Morgan fingerprint density at radius 2 is 2.62 bits per heavy atom. The summed E-state index contributed by atoms with van der Waals surface area (Å²) in [5.41, 5.74) is 0.868. The van der Waals surface area contributed by atoms with E-state index in [1.165, 1.54) is 0 Å². The number of rotatable bonds is 1. The molecule has 0 aliphatic rings. The van der Waals surface area contributed by atoms with E-state index in [9.17, 15) is 0 Å². The van der Waals surface area contributed by atoms with E-state index in [1.807, 2.05) is 19.1 Å². The van der Waals surface area contributed by atoms with Gasteiger partial charge in [0.2, 0.25) is 0 Å². The van der Waals surface area contributed by atoms with E-state index in [1.54, 1.807) is 12.3 Å². The van der Waals surface area contributed by atoms with Crippen LogP contribution in [-0.2, 0) is 0 Å². The maximum Gasteiger partial charge on any atom is 0.124 e. The van der Waals surface area contributed by atoms with E-state index < -0.39 is 0 Å². The van der Waals surface area contributed by atoms with Crippen LogP contribution in [0.5, 0.6) is 0 Å². The highest BCUT2D eigenvalue weighted by Gasteiger charge is 1.83. The smallest absolute Gasteiger partial charge is 0.124 e. The number of hydrogen-bond donors (Lipinski definition) is 0. The fraction of sp³-hybridized carbons (Fsp3) is 0.167. The van der Waals surface area contributed by atoms with Crippen LogP contribution in [-0.4, -0.2) is 5.16 Å². The van der Waals surface area contributed by atoms with Crippen molar-refractivity contribution in [2.24, 2.45) is 0 Å². The zero-order valence-electron chi connectivity index (χ0n) is 4.66. The molecule has 0 amide bonds. The Morgan fingerprint density at radius 1 is 1.75 bits per heavy atom. The first-order valence-corrected chi connectivity index (χ1v) is 2.46. The van der Waals surface area contributed by atoms with Crippen molar-refractivity contribution in [2.45, 2.75) is 6.92 Å². The number of nitrogens with zero attached hydrogens (tertiary/aromatic N) is 1. The number of aromatic nitrogens is 1. The summed E-state index contributed by atoms with van der Waals surface area (Å²) in [6, 6.07) is 1.81. The molecule has 0 bridgehead atoms. The Bertz CT molecular complexity index is 165. The lowest BCUT2D eigenvalue weighted by Crippen LogP contribution is -1.63. The molecule has 8 heavy (non-hydrogen) atoms. The van der Waals surface area contributed by atoms with Gasteiger partial charge in [0.05, 0.1) is 0 Å². The zero-order chi connectivity index (χ0) is 5.82. The molecule has 2 heteroatoms. The molecule has 0 atom stereocenters. The van der Waals surface area contributed by atoms with E-state index >= 15 is 0 Å². The van der Waals surface area contributed by atoms with Gasteiger partial charge in [0, 0.05) is 6.07 Å². The van der Waals surface area contributed by atoms with E-state index in [0.29, 0.717) is 0 Å². The van der Waals surface area contributed by atoms with Gasteiger partial charge in [0.15, 0.2) is 0 Å². The Kier molecular flexibility index (Phi) is 1.47. The van der Waals surface area contributed by atoms with Gasteiger partial charge in [-0.1, -0.05) is 11.2 Å². The average Bonchev–Trinajstić information content (AvgIpc) is 2.19. The fourth-order valence-electron chi connectivity index (χ4n) is 0.479. The second-order valence-corrected chi connectivity index (χ2v) is 1.42. The second kappa shape index (κ2) is 2.31. The van der Waals surface area contributed by atoms with E-state index in [0.717, 1.165) is 5.69 Å². The van der Waals surface area contributed by atoms with Crippen molar-refractivity contribution in [3.8, 4) is 0 Å². The number of hydrogen-bond acceptors (Lipinski definition) is 2. The lowest BCUT2D eigenvalue weighted by molar-refractivity contribution is 0.418. The van der Waals surface area contributed by atoms with Crippen LogP contribution in [0.25, 0.3) is 6.08 Å². The lowest BCUT2D eigenvalue weighted by Gasteiger charge is -1.71. The summed E-state index contributed by atoms with van der Waals surface area (Å²) in [5, 5.41) is 3.64. The van der Waals surface area contributed by atoms with Crippen molar-refractivity contribution in [3.05, 3.63) is 24.1 Å². The molecular formula is C6H7NO. The third-order valence-corrected chi connectivity index (χ3v) is 0.795. The molecule has 42 valence electrons. The summed E-state index contributed by atoms with van der Waals surface area (Å²) >= 11 is 0. The molecule has 0 aromatic carbocycles. The van der Waals surface area contributed by atoms with Crippen LogP contribution in [0.4, 0.5) is 0 Å². The maximum absolute atomic E-state index is 4.57. The summed E-state index contributed by atoms with van der Waals surface area (Å²) in [6.07, 6.45) is 5.34. The molecule has 0 aliphatic heterocycles. The van der Waals surface area contributed by atoms with Crippen LogP contribution in [0.1, 0.15) is 12.6 Å². The molecule has 1 heterocycles. The van der Waals surface area contributed by atoms with Gasteiger partial charge in [-0.05, 0) is 13.0 Å². The lowest BCUT2D eigenvalue weighted by atomic mass is 10.4. The van der Waals surface area contributed by atoms with Crippen LogP contribution < -0.4 is 0 Å². The van der Waals surface area contributed by atoms with E-state index in [4.69, 9.17) is 0 Å². The van der Waals surface area contributed by atoms with Crippen LogP contribution in [0.3, 0.4) is 0 Å². The molecule has 1 aromatic rings. The monoisotopic (exact) mass is 109 g/mol. The standard InChI is InChI=1S/C6H7NO/c1-2-3-6-4-5-8-7-6/h2-5H,1H3/b3-2+. The molecular weight excluding hydrogens is 102 g/mol. The maximum atomic E-state index is 4.57. The summed E-state index contributed by atoms with van der Waals surface area (Å²) < 4.78 is 4.57. The van der Waals surface area contributed by atoms with Crippen molar-refractivity contribution in [1.82, 2.24) is 5.16 Å². The predicted octanol–water partition coefficient (Wildman–Crippen LogP) is 1.71. The molecule has 1 rings (SSSR count). The summed E-state index contributed by atoms with van der Waals surface area (Å²) in [6.45, 7) is 1.94. The Hall–Kier alpha value is -1.05. The van der Waals surface area contributed by atoms with Crippen molar-refractivity contribution in [2.75, 3.05) is 0 Å². The van der Waals surface area contributed by atoms with E-state index in [2.05, 4.69) is 9.68 Å². The van der Waals surface area contributed by atoms with Crippen molar-refractivity contribution >= 4 is 6.08 Å². The van der Waals surface area contributed by atoms with Gasteiger partial charge in [-0.3, -0.25) is 0 Å². The minimum atomic E-state index is 0.868. The van der Waals surface area contributed by atoms with Gasteiger partial charge >= 0.3 is 0 Å². The molecule has 0 aliphatic carbocycles. The largest absolute Gasteiger partial charge is 0.364 e. The first-order chi connectivity index (χ1) is 3.93. The van der Waals surface area contributed by atoms with Crippen LogP contribution in [0, 0.1) is 0 Å². The Labute approximate surface area is 47.8 Å². The van der Waals surface area contributed by atoms with Crippen molar-refractivity contribution in [1.29, 1.82) is 0 Å².